The van der Waals surface area contributed by atoms with E-state index < -0.39 is 0 Å². The van der Waals surface area contributed by atoms with E-state index in [9.17, 15) is 4.79 Å². The quantitative estimate of drug-likeness (QED) is 0.857. The van der Waals surface area contributed by atoms with Crippen LogP contribution < -0.4 is 5.32 Å². The van der Waals surface area contributed by atoms with Crippen LogP contribution in [-0.4, -0.2) is 38.4 Å². The monoisotopic (exact) mass is 304 g/mol. The van der Waals surface area contributed by atoms with E-state index in [0.717, 1.165) is 23.1 Å². The fraction of sp³-hybridized carbons (Fsp3) is 0.562. The van der Waals surface area contributed by atoms with Gasteiger partial charge in [-0.05, 0) is 46.6 Å². The Morgan fingerprint density at radius 3 is 2.77 bits per heavy atom. The standard InChI is InChI=1S/C16H24N4O2/c1-10(2)20-15-14(9-17-20)13(8-12(4)18-15)16(22)19-11(3)6-5-7-21/h8-11,21H,5-7H2,1-4H3,(H,19,22). The highest BCUT2D eigenvalue weighted by molar-refractivity contribution is 6.05. The molecule has 1 atom stereocenters. The highest BCUT2D eigenvalue weighted by Crippen LogP contribution is 2.21. The van der Waals surface area contributed by atoms with Crippen molar-refractivity contribution < 1.29 is 9.90 Å². The van der Waals surface area contributed by atoms with Gasteiger partial charge in [-0.25, -0.2) is 9.67 Å². The summed E-state index contributed by atoms with van der Waals surface area (Å²) in [5, 5.41) is 17.0. The van der Waals surface area contributed by atoms with Crippen LogP contribution in [0.1, 0.15) is 55.7 Å². The first kappa shape index (κ1) is 16.4. The topological polar surface area (TPSA) is 80.0 Å². The smallest absolute Gasteiger partial charge is 0.252 e. The summed E-state index contributed by atoms with van der Waals surface area (Å²) in [5.74, 6) is -0.121. The third kappa shape index (κ3) is 3.44. The zero-order chi connectivity index (χ0) is 16.3. The molecule has 0 bridgehead atoms. The molecule has 2 rings (SSSR count). The first-order valence-corrected chi connectivity index (χ1v) is 7.70. The zero-order valence-corrected chi connectivity index (χ0v) is 13.6. The molecule has 2 aromatic heterocycles. The number of rotatable bonds is 6. The van der Waals surface area contributed by atoms with Crippen LogP contribution in [0, 0.1) is 6.92 Å². The predicted molar refractivity (Wildman–Crippen MR) is 85.9 cm³/mol. The molecule has 22 heavy (non-hydrogen) atoms. The maximum atomic E-state index is 12.5. The number of carbonyl (C=O) groups is 1. The number of hydrogen-bond acceptors (Lipinski definition) is 4. The van der Waals surface area contributed by atoms with E-state index >= 15 is 0 Å². The molecule has 0 fully saturated rings. The number of hydrogen-bond donors (Lipinski definition) is 2. The molecule has 0 saturated carbocycles. The van der Waals surface area contributed by atoms with Gasteiger partial charge in [0.2, 0.25) is 0 Å². The van der Waals surface area contributed by atoms with Gasteiger partial charge in [-0.3, -0.25) is 4.79 Å². The Hall–Kier alpha value is -1.95. The Morgan fingerprint density at radius 2 is 2.14 bits per heavy atom. The first-order chi connectivity index (χ1) is 10.4. The molecule has 1 unspecified atom stereocenters. The van der Waals surface area contributed by atoms with Crippen LogP contribution in [0.3, 0.4) is 0 Å². The van der Waals surface area contributed by atoms with Crippen LogP contribution in [0.5, 0.6) is 0 Å². The van der Waals surface area contributed by atoms with Crippen molar-refractivity contribution in [3.8, 4) is 0 Å². The van der Waals surface area contributed by atoms with Crippen molar-refractivity contribution in [1.82, 2.24) is 20.1 Å². The molecule has 2 heterocycles. The number of nitrogens with one attached hydrogen (secondary N) is 1. The van der Waals surface area contributed by atoms with E-state index in [4.69, 9.17) is 5.11 Å². The van der Waals surface area contributed by atoms with Crippen LogP contribution in [-0.2, 0) is 0 Å². The fourth-order valence-electron chi connectivity index (χ4n) is 2.48. The predicted octanol–water partition coefficient (Wildman–Crippen LogP) is 2.21. The van der Waals surface area contributed by atoms with Gasteiger partial charge in [0.15, 0.2) is 5.65 Å². The van der Waals surface area contributed by atoms with E-state index in [1.165, 1.54) is 0 Å². The van der Waals surface area contributed by atoms with Crippen molar-refractivity contribution in [3.63, 3.8) is 0 Å². The van der Waals surface area contributed by atoms with Crippen LogP contribution in [0.4, 0.5) is 0 Å². The fourth-order valence-corrected chi connectivity index (χ4v) is 2.48. The Bertz CT molecular complexity index is 663. The minimum atomic E-state index is -0.121. The van der Waals surface area contributed by atoms with Crippen molar-refractivity contribution in [2.45, 2.75) is 52.6 Å². The second-order valence-electron chi connectivity index (χ2n) is 5.97. The Kier molecular flexibility index (Phi) is 5.13. The number of aromatic nitrogens is 3. The average molecular weight is 304 g/mol. The maximum absolute atomic E-state index is 12.5. The van der Waals surface area contributed by atoms with Gasteiger partial charge < -0.3 is 10.4 Å². The summed E-state index contributed by atoms with van der Waals surface area (Å²) < 4.78 is 1.83. The van der Waals surface area contributed by atoms with Gasteiger partial charge in [-0.1, -0.05) is 0 Å². The third-order valence-corrected chi connectivity index (χ3v) is 3.60. The lowest BCUT2D eigenvalue weighted by atomic mass is 10.1. The number of aryl methyl sites for hydroxylation is 1. The number of pyridine rings is 1. The number of aliphatic hydroxyl groups excluding tert-OH is 1. The Balaban J connectivity index is 2.32. The maximum Gasteiger partial charge on any atom is 0.252 e. The minimum absolute atomic E-state index is 0.0170. The van der Waals surface area contributed by atoms with Crippen LogP contribution in [0.15, 0.2) is 12.3 Å². The second kappa shape index (κ2) is 6.87. The summed E-state index contributed by atoms with van der Waals surface area (Å²) in [7, 11) is 0. The normalized spacial score (nSPS) is 12.8. The van der Waals surface area contributed by atoms with Gasteiger partial charge in [0.25, 0.3) is 5.91 Å². The van der Waals surface area contributed by atoms with Gasteiger partial charge >= 0.3 is 0 Å². The molecule has 2 aromatic rings. The van der Waals surface area contributed by atoms with Crippen molar-refractivity contribution in [2.75, 3.05) is 6.61 Å². The molecule has 2 N–H and O–H groups in total. The molecule has 0 spiro atoms. The van der Waals surface area contributed by atoms with Gasteiger partial charge in [-0.2, -0.15) is 5.10 Å². The zero-order valence-electron chi connectivity index (χ0n) is 13.6. The number of nitrogens with zero attached hydrogens (tertiary/aromatic N) is 3. The summed E-state index contributed by atoms with van der Waals surface area (Å²) in [6.07, 6.45) is 3.13. The molecule has 0 aromatic carbocycles. The molecule has 6 heteroatoms. The summed E-state index contributed by atoms with van der Waals surface area (Å²) in [4.78, 5) is 17.0. The number of amides is 1. The molecule has 0 radical (unpaired) electrons. The van der Waals surface area contributed by atoms with Crippen molar-refractivity contribution in [2.24, 2.45) is 0 Å². The number of fused-ring (bicyclic) bond motifs is 1. The van der Waals surface area contributed by atoms with Crippen molar-refractivity contribution >= 4 is 16.9 Å². The largest absolute Gasteiger partial charge is 0.396 e. The highest BCUT2D eigenvalue weighted by Gasteiger charge is 2.18. The SMILES string of the molecule is Cc1cc(C(=O)NC(C)CCCO)c2cnn(C(C)C)c2n1. The van der Waals surface area contributed by atoms with Crippen LogP contribution >= 0.6 is 0 Å². The van der Waals surface area contributed by atoms with E-state index in [0.29, 0.717) is 12.0 Å². The van der Waals surface area contributed by atoms with E-state index in [1.807, 2.05) is 32.4 Å². The molecule has 0 aliphatic rings. The molecule has 0 aliphatic carbocycles. The molecular formula is C16H24N4O2. The Labute approximate surface area is 130 Å². The lowest BCUT2D eigenvalue weighted by molar-refractivity contribution is 0.0938. The second-order valence-corrected chi connectivity index (χ2v) is 5.97. The molecule has 120 valence electrons. The molecule has 6 nitrogen and oxygen atoms in total. The minimum Gasteiger partial charge on any atom is -0.396 e. The molecule has 0 saturated heterocycles. The summed E-state index contributed by atoms with van der Waals surface area (Å²) in [6, 6.07) is 2.00. The summed E-state index contributed by atoms with van der Waals surface area (Å²) in [6.45, 7) is 8.03. The van der Waals surface area contributed by atoms with Crippen molar-refractivity contribution in [1.29, 1.82) is 0 Å². The molecule has 1 amide bonds. The Morgan fingerprint density at radius 1 is 1.41 bits per heavy atom. The summed E-state index contributed by atoms with van der Waals surface area (Å²) >= 11 is 0. The lowest BCUT2D eigenvalue weighted by Gasteiger charge is -2.14. The van der Waals surface area contributed by atoms with Crippen LogP contribution in [0.25, 0.3) is 11.0 Å². The van der Waals surface area contributed by atoms with Gasteiger partial charge in [-0.15, -0.1) is 0 Å². The molecule has 0 aliphatic heterocycles. The van der Waals surface area contributed by atoms with Crippen LogP contribution in [0.2, 0.25) is 0 Å². The van der Waals surface area contributed by atoms with E-state index in [2.05, 4.69) is 15.4 Å². The number of carbonyl (C=O) groups excluding carboxylic acids is 1. The van der Waals surface area contributed by atoms with E-state index in [-0.39, 0.29) is 24.6 Å². The van der Waals surface area contributed by atoms with Gasteiger partial charge in [0.1, 0.15) is 0 Å². The van der Waals surface area contributed by atoms with Gasteiger partial charge in [0.05, 0.1) is 17.1 Å². The molecular weight excluding hydrogens is 280 g/mol. The summed E-state index contributed by atoms with van der Waals surface area (Å²) in [5.41, 5.74) is 2.14. The van der Waals surface area contributed by atoms with Crippen molar-refractivity contribution in [3.05, 3.63) is 23.5 Å². The van der Waals surface area contributed by atoms with E-state index in [1.54, 1.807) is 12.3 Å². The lowest BCUT2D eigenvalue weighted by Crippen LogP contribution is -2.32. The number of aliphatic hydroxyl groups is 1. The highest BCUT2D eigenvalue weighted by atomic mass is 16.3. The first-order valence-electron chi connectivity index (χ1n) is 7.70. The van der Waals surface area contributed by atoms with Gasteiger partial charge in [0, 0.05) is 24.4 Å². The third-order valence-electron chi connectivity index (χ3n) is 3.60. The average Bonchev–Trinajstić information content (AvgIpc) is 2.87.